The quantitative estimate of drug-likeness (QED) is 0.860. The largest absolute Gasteiger partial charge is 0.312 e. The molecule has 1 aliphatic carbocycles. The lowest BCUT2D eigenvalue weighted by molar-refractivity contribution is 0.211. The molecule has 0 aliphatic heterocycles. The van der Waals surface area contributed by atoms with E-state index in [0.29, 0.717) is 12.0 Å². The first kappa shape index (κ1) is 13.5. The van der Waals surface area contributed by atoms with E-state index in [-0.39, 0.29) is 0 Å². The van der Waals surface area contributed by atoms with Gasteiger partial charge in [0.25, 0.3) is 0 Å². The molecule has 0 spiro atoms. The van der Waals surface area contributed by atoms with E-state index in [9.17, 15) is 0 Å². The summed E-state index contributed by atoms with van der Waals surface area (Å²) in [4.78, 5) is 4.43. The molecule has 2 nitrogen and oxygen atoms in total. The van der Waals surface area contributed by atoms with Crippen molar-refractivity contribution in [1.82, 2.24) is 10.3 Å². The van der Waals surface area contributed by atoms with Gasteiger partial charge in [0.15, 0.2) is 0 Å². The molecule has 0 amide bonds. The Labute approximate surface area is 111 Å². The molecule has 0 saturated heterocycles. The van der Waals surface area contributed by atoms with E-state index in [1.165, 1.54) is 30.5 Å². The molecule has 0 radical (unpaired) electrons. The molecule has 1 fully saturated rings. The molecule has 1 aliphatic rings. The van der Waals surface area contributed by atoms with E-state index in [1.54, 1.807) is 0 Å². The first-order chi connectivity index (χ1) is 8.54. The van der Waals surface area contributed by atoms with Crippen molar-refractivity contribution in [3.63, 3.8) is 0 Å². The Morgan fingerprint density at radius 2 is 2.00 bits per heavy atom. The van der Waals surface area contributed by atoms with Gasteiger partial charge in [-0.05, 0) is 48.8 Å². The highest BCUT2D eigenvalue weighted by molar-refractivity contribution is 5.19. The van der Waals surface area contributed by atoms with Crippen LogP contribution in [0.15, 0.2) is 18.3 Å². The van der Waals surface area contributed by atoms with Gasteiger partial charge in [0, 0.05) is 24.0 Å². The summed E-state index contributed by atoms with van der Waals surface area (Å²) in [6.07, 6.45) is 5.85. The summed E-state index contributed by atoms with van der Waals surface area (Å²) in [5, 5.41) is 3.61. The van der Waals surface area contributed by atoms with Crippen molar-refractivity contribution in [1.29, 1.82) is 0 Å². The zero-order chi connectivity index (χ0) is 13.1. The Morgan fingerprint density at radius 1 is 1.28 bits per heavy atom. The summed E-state index contributed by atoms with van der Waals surface area (Å²) >= 11 is 0. The minimum atomic E-state index is 0.529. The first-order valence-corrected chi connectivity index (χ1v) is 7.25. The van der Waals surface area contributed by atoms with Crippen LogP contribution in [0.1, 0.15) is 57.7 Å². The fourth-order valence-electron chi connectivity index (χ4n) is 2.78. The molecule has 1 aromatic rings. The van der Waals surface area contributed by atoms with Gasteiger partial charge in [-0.15, -0.1) is 0 Å². The Kier molecular flexibility index (Phi) is 4.39. The van der Waals surface area contributed by atoms with Crippen molar-refractivity contribution in [2.75, 3.05) is 0 Å². The SMILES string of the molecule is CC(C)N[C@H]1C[C@@H](Cc2ccnc(C(C)C)c2)C1. The molecule has 1 aromatic heterocycles. The zero-order valence-corrected chi connectivity index (χ0v) is 12.1. The monoisotopic (exact) mass is 246 g/mol. The molecule has 1 saturated carbocycles. The lowest BCUT2D eigenvalue weighted by Gasteiger charge is -2.37. The van der Waals surface area contributed by atoms with Crippen LogP contribution in [0, 0.1) is 5.92 Å². The van der Waals surface area contributed by atoms with Gasteiger partial charge in [-0.1, -0.05) is 27.7 Å². The van der Waals surface area contributed by atoms with Crippen molar-refractivity contribution >= 4 is 0 Å². The van der Waals surface area contributed by atoms with Crippen molar-refractivity contribution in [3.8, 4) is 0 Å². The maximum atomic E-state index is 4.43. The van der Waals surface area contributed by atoms with Crippen LogP contribution >= 0.6 is 0 Å². The molecule has 18 heavy (non-hydrogen) atoms. The maximum Gasteiger partial charge on any atom is 0.0431 e. The first-order valence-electron chi connectivity index (χ1n) is 7.25. The highest BCUT2D eigenvalue weighted by Gasteiger charge is 2.29. The van der Waals surface area contributed by atoms with Gasteiger partial charge in [-0.25, -0.2) is 0 Å². The third kappa shape index (κ3) is 3.55. The maximum absolute atomic E-state index is 4.43. The van der Waals surface area contributed by atoms with Crippen LogP contribution in [-0.4, -0.2) is 17.1 Å². The minimum absolute atomic E-state index is 0.529. The fraction of sp³-hybridized carbons (Fsp3) is 0.688. The van der Waals surface area contributed by atoms with Gasteiger partial charge < -0.3 is 5.32 Å². The lowest BCUT2D eigenvalue weighted by atomic mass is 9.76. The molecule has 0 bridgehead atoms. The van der Waals surface area contributed by atoms with E-state index in [2.05, 4.69) is 50.1 Å². The van der Waals surface area contributed by atoms with Crippen LogP contribution in [0.2, 0.25) is 0 Å². The highest BCUT2D eigenvalue weighted by Crippen LogP contribution is 2.31. The summed E-state index contributed by atoms with van der Waals surface area (Å²) in [7, 11) is 0. The minimum Gasteiger partial charge on any atom is -0.312 e. The lowest BCUT2D eigenvalue weighted by Crippen LogP contribution is -2.44. The normalized spacial score (nSPS) is 23.4. The van der Waals surface area contributed by atoms with Crippen LogP contribution in [-0.2, 0) is 6.42 Å². The van der Waals surface area contributed by atoms with Gasteiger partial charge >= 0.3 is 0 Å². The third-order valence-electron chi connectivity index (χ3n) is 3.77. The van der Waals surface area contributed by atoms with Crippen molar-refractivity contribution < 1.29 is 0 Å². The number of nitrogens with one attached hydrogen (secondary N) is 1. The Hall–Kier alpha value is -0.890. The molecule has 1 heterocycles. The van der Waals surface area contributed by atoms with Gasteiger partial charge in [0.05, 0.1) is 0 Å². The van der Waals surface area contributed by atoms with Crippen LogP contribution in [0.3, 0.4) is 0 Å². The molecule has 2 rings (SSSR count). The van der Waals surface area contributed by atoms with Gasteiger partial charge in [-0.2, -0.15) is 0 Å². The van der Waals surface area contributed by atoms with E-state index in [1.807, 2.05) is 6.20 Å². The topological polar surface area (TPSA) is 24.9 Å². The molecule has 0 atom stereocenters. The molecule has 100 valence electrons. The number of hydrogen-bond donors (Lipinski definition) is 1. The molecule has 0 unspecified atom stereocenters. The number of aromatic nitrogens is 1. The average molecular weight is 246 g/mol. The zero-order valence-electron chi connectivity index (χ0n) is 12.1. The smallest absolute Gasteiger partial charge is 0.0431 e. The molecule has 1 N–H and O–H groups in total. The van der Waals surface area contributed by atoms with Crippen LogP contribution in [0.4, 0.5) is 0 Å². The van der Waals surface area contributed by atoms with Crippen molar-refractivity contribution in [2.45, 2.75) is 65.0 Å². The summed E-state index contributed by atoms with van der Waals surface area (Å²) in [5.74, 6) is 1.39. The van der Waals surface area contributed by atoms with E-state index in [4.69, 9.17) is 0 Å². The van der Waals surface area contributed by atoms with Crippen LogP contribution in [0.5, 0.6) is 0 Å². The number of nitrogens with zero attached hydrogens (tertiary/aromatic N) is 1. The predicted molar refractivity (Wildman–Crippen MR) is 76.8 cm³/mol. The number of hydrogen-bond acceptors (Lipinski definition) is 2. The van der Waals surface area contributed by atoms with Crippen molar-refractivity contribution in [2.24, 2.45) is 5.92 Å². The second kappa shape index (κ2) is 5.83. The van der Waals surface area contributed by atoms with Gasteiger partial charge in [-0.3, -0.25) is 4.98 Å². The van der Waals surface area contributed by atoms with Gasteiger partial charge in [0.1, 0.15) is 0 Å². The Bertz CT molecular complexity index is 378. The van der Waals surface area contributed by atoms with Crippen LogP contribution in [0.25, 0.3) is 0 Å². The molecular formula is C16H26N2. The van der Waals surface area contributed by atoms with E-state index >= 15 is 0 Å². The Balaban J connectivity index is 1.83. The van der Waals surface area contributed by atoms with E-state index < -0.39 is 0 Å². The Morgan fingerprint density at radius 3 is 2.61 bits per heavy atom. The number of rotatable bonds is 5. The molecule has 2 heteroatoms. The molecule has 0 aromatic carbocycles. The summed E-state index contributed by atoms with van der Waals surface area (Å²) in [6.45, 7) is 8.87. The summed E-state index contributed by atoms with van der Waals surface area (Å²) in [6, 6.07) is 5.83. The summed E-state index contributed by atoms with van der Waals surface area (Å²) in [5.41, 5.74) is 2.69. The van der Waals surface area contributed by atoms with Crippen molar-refractivity contribution in [3.05, 3.63) is 29.6 Å². The summed E-state index contributed by atoms with van der Waals surface area (Å²) < 4.78 is 0. The second-order valence-electron chi connectivity index (χ2n) is 6.30. The predicted octanol–water partition coefficient (Wildman–Crippen LogP) is 3.52. The van der Waals surface area contributed by atoms with Gasteiger partial charge in [0.2, 0.25) is 0 Å². The highest BCUT2D eigenvalue weighted by atomic mass is 15.0. The standard InChI is InChI=1S/C16H26N2/c1-11(2)16-10-13(5-6-17-16)7-14-8-15(9-14)18-12(3)4/h5-6,10-12,14-15,18H,7-9H2,1-4H3/t14-,15+. The van der Waals surface area contributed by atoms with Crippen LogP contribution < -0.4 is 5.32 Å². The third-order valence-corrected chi connectivity index (χ3v) is 3.77. The fourth-order valence-corrected chi connectivity index (χ4v) is 2.78. The van der Waals surface area contributed by atoms with E-state index in [0.717, 1.165) is 12.0 Å². The number of pyridine rings is 1. The average Bonchev–Trinajstić information content (AvgIpc) is 2.26. The second-order valence-corrected chi connectivity index (χ2v) is 6.30. The molecular weight excluding hydrogens is 220 g/mol.